The van der Waals surface area contributed by atoms with E-state index in [-0.39, 0.29) is 6.04 Å². The van der Waals surface area contributed by atoms with Crippen LogP contribution in [0.1, 0.15) is 37.3 Å². The van der Waals surface area contributed by atoms with Crippen LogP contribution in [0.4, 0.5) is 0 Å². The molecule has 3 rings (SSSR count). The Bertz CT molecular complexity index is 572. The molecule has 0 spiro atoms. The molecule has 100 valence electrons. The van der Waals surface area contributed by atoms with Crippen LogP contribution in [0.3, 0.4) is 0 Å². The summed E-state index contributed by atoms with van der Waals surface area (Å²) >= 11 is 0. The molecule has 0 aromatic heterocycles. The first-order valence-electron chi connectivity index (χ1n) is 7.12. The Balaban J connectivity index is 2.08. The van der Waals surface area contributed by atoms with Gasteiger partial charge in [0.25, 0.3) is 0 Å². The van der Waals surface area contributed by atoms with E-state index in [1.165, 1.54) is 36.6 Å². The summed E-state index contributed by atoms with van der Waals surface area (Å²) in [5.41, 5.74) is 7.78. The van der Waals surface area contributed by atoms with Crippen molar-refractivity contribution in [2.24, 2.45) is 11.7 Å². The molecule has 2 N–H and O–H groups in total. The minimum Gasteiger partial charge on any atom is -0.496 e. The lowest BCUT2D eigenvalue weighted by molar-refractivity contribution is 0.418. The largest absolute Gasteiger partial charge is 0.496 e. The maximum Gasteiger partial charge on any atom is 0.126 e. The van der Waals surface area contributed by atoms with E-state index in [4.69, 9.17) is 10.5 Å². The molecule has 19 heavy (non-hydrogen) atoms. The van der Waals surface area contributed by atoms with Crippen LogP contribution >= 0.6 is 0 Å². The van der Waals surface area contributed by atoms with E-state index in [0.29, 0.717) is 5.92 Å². The van der Waals surface area contributed by atoms with E-state index in [1.54, 1.807) is 7.11 Å². The van der Waals surface area contributed by atoms with E-state index in [2.05, 4.69) is 30.3 Å². The number of fused-ring (bicyclic) bond motifs is 1. The first-order valence-corrected chi connectivity index (χ1v) is 7.12. The monoisotopic (exact) mass is 255 g/mol. The summed E-state index contributed by atoms with van der Waals surface area (Å²) in [5, 5.41) is 2.40. The second-order valence-corrected chi connectivity index (χ2v) is 5.47. The Hall–Kier alpha value is -1.54. The van der Waals surface area contributed by atoms with Crippen LogP contribution in [0, 0.1) is 5.92 Å². The molecule has 2 heteroatoms. The summed E-state index contributed by atoms with van der Waals surface area (Å²) in [7, 11) is 1.72. The van der Waals surface area contributed by atoms with Gasteiger partial charge in [0.1, 0.15) is 5.75 Å². The van der Waals surface area contributed by atoms with Crippen molar-refractivity contribution in [2.45, 2.75) is 31.7 Å². The zero-order chi connectivity index (χ0) is 13.2. The van der Waals surface area contributed by atoms with Gasteiger partial charge in [-0.15, -0.1) is 0 Å². The molecule has 0 amide bonds. The third-order valence-electron chi connectivity index (χ3n) is 4.40. The lowest BCUT2D eigenvalue weighted by Gasteiger charge is -2.21. The molecule has 0 heterocycles. The zero-order valence-corrected chi connectivity index (χ0v) is 11.4. The molecule has 2 nitrogen and oxygen atoms in total. The fourth-order valence-electron chi connectivity index (χ4n) is 3.33. The molecule has 0 saturated heterocycles. The van der Waals surface area contributed by atoms with E-state index in [1.807, 2.05) is 6.07 Å². The molecule has 0 radical (unpaired) electrons. The van der Waals surface area contributed by atoms with Gasteiger partial charge in [0.05, 0.1) is 7.11 Å². The van der Waals surface area contributed by atoms with Crippen molar-refractivity contribution in [2.75, 3.05) is 7.11 Å². The van der Waals surface area contributed by atoms with Crippen LogP contribution in [0.15, 0.2) is 36.4 Å². The predicted molar refractivity (Wildman–Crippen MR) is 79.4 cm³/mol. The molecule has 1 saturated carbocycles. The summed E-state index contributed by atoms with van der Waals surface area (Å²) in [6.45, 7) is 0. The van der Waals surface area contributed by atoms with Crippen LogP contribution in [0.25, 0.3) is 10.8 Å². The topological polar surface area (TPSA) is 35.2 Å². The molecule has 1 aliphatic carbocycles. The molecule has 1 unspecified atom stereocenters. The normalized spacial score (nSPS) is 17.8. The highest BCUT2D eigenvalue weighted by Gasteiger charge is 2.24. The van der Waals surface area contributed by atoms with Crippen molar-refractivity contribution in [3.05, 3.63) is 42.0 Å². The Morgan fingerprint density at radius 2 is 1.74 bits per heavy atom. The number of ether oxygens (including phenoxy) is 1. The highest BCUT2D eigenvalue weighted by molar-refractivity contribution is 5.91. The van der Waals surface area contributed by atoms with E-state index >= 15 is 0 Å². The number of methoxy groups -OCH3 is 1. The van der Waals surface area contributed by atoms with Crippen LogP contribution in [0.2, 0.25) is 0 Å². The predicted octanol–water partition coefficient (Wildman–Crippen LogP) is 4.04. The molecule has 1 fully saturated rings. The van der Waals surface area contributed by atoms with Crippen molar-refractivity contribution >= 4 is 10.8 Å². The summed E-state index contributed by atoms with van der Waals surface area (Å²) in [6, 6.07) is 12.7. The lowest BCUT2D eigenvalue weighted by atomic mass is 9.89. The van der Waals surface area contributed by atoms with Crippen LogP contribution in [-0.4, -0.2) is 7.11 Å². The van der Waals surface area contributed by atoms with Crippen molar-refractivity contribution < 1.29 is 4.74 Å². The van der Waals surface area contributed by atoms with Gasteiger partial charge in [-0.3, -0.25) is 0 Å². The highest BCUT2D eigenvalue weighted by Crippen LogP contribution is 2.38. The molecule has 1 atom stereocenters. The quantitative estimate of drug-likeness (QED) is 0.898. The molecule has 0 bridgehead atoms. The molecule has 2 aromatic rings. The van der Waals surface area contributed by atoms with Gasteiger partial charge >= 0.3 is 0 Å². The summed E-state index contributed by atoms with van der Waals surface area (Å²) in [6.07, 6.45) is 5.18. The van der Waals surface area contributed by atoms with Gasteiger partial charge in [0.2, 0.25) is 0 Å². The third kappa shape index (κ3) is 2.21. The molecule has 1 aliphatic rings. The average molecular weight is 255 g/mol. The van der Waals surface area contributed by atoms with Crippen molar-refractivity contribution in [1.29, 1.82) is 0 Å². The lowest BCUT2D eigenvalue weighted by Crippen LogP contribution is -2.19. The Morgan fingerprint density at radius 3 is 2.42 bits per heavy atom. The van der Waals surface area contributed by atoms with Crippen molar-refractivity contribution in [1.82, 2.24) is 0 Å². The van der Waals surface area contributed by atoms with Gasteiger partial charge in [0.15, 0.2) is 0 Å². The fourth-order valence-corrected chi connectivity index (χ4v) is 3.33. The van der Waals surface area contributed by atoms with Gasteiger partial charge in [-0.25, -0.2) is 0 Å². The summed E-state index contributed by atoms with van der Waals surface area (Å²) in [5.74, 6) is 1.56. The molecular formula is C17H21NO. The second kappa shape index (κ2) is 5.22. The van der Waals surface area contributed by atoms with Crippen LogP contribution < -0.4 is 10.5 Å². The molecular weight excluding hydrogens is 234 g/mol. The number of benzene rings is 2. The summed E-state index contributed by atoms with van der Waals surface area (Å²) < 4.78 is 5.45. The minimum atomic E-state index is 0.151. The van der Waals surface area contributed by atoms with Gasteiger partial charge < -0.3 is 10.5 Å². The van der Waals surface area contributed by atoms with Gasteiger partial charge in [-0.05, 0) is 35.8 Å². The third-order valence-corrected chi connectivity index (χ3v) is 4.40. The Labute approximate surface area is 114 Å². The van der Waals surface area contributed by atoms with Crippen LogP contribution in [-0.2, 0) is 0 Å². The smallest absolute Gasteiger partial charge is 0.126 e. The first-order chi connectivity index (χ1) is 9.31. The summed E-state index contributed by atoms with van der Waals surface area (Å²) in [4.78, 5) is 0. The zero-order valence-electron chi connectivity index (χ0n) is 11.4. The van der Waals surface area contributed by atoms with Gasteiger partial charge in [-0.1, -0.05) is 43.2 Å². The van der Waals surface area contributed by atoms with E-state index in [9.17, 15) is 0 Å². The number of hydrogen-bond donors (Lipinski definition) is 1. The highest BCUT2D eigenvalue weighted by atomic mass is 16.5. The number of rotatable bonds is 3. The molecule has 0 aliphatic heterocycles. The van der Waals surface area contributed by atoms with Gasteiger partial charge in [-0.2, -0.15) is 0 Å². The maximum atomic E-state index is 6.52. The number of hydrogen-bond acceptors (Lipinski definition) is 2. The maximum absolute atomic E-state index is 6.52. The van der Waals surface area contributed by atoms with E-state index < -0.39 is 0 Å². The fraction of sp³-hybridized carbons (Fsp3) is 0.412. The molecule has 2 aromatic carbocycles. The Morgan fingerprint density at radius 1 is 1.05 bits per heavy atom. The van der Waals surface area contributed by atoms with Gasteiger partial charge in [0, 0.05) is 11.4 Å². The average Bonchev–Trinajstić information content (AvgIpc) is 2.99. The Kier molecular flexibility index (Phi) is 3.43. The van der Waals surface area contributed by atoms with Crippen molar-refractivity contribution in [3.8, 4) is 5.75 Å². The first kappa shape index (κ1) is 12.5. The standard InChI is InChI=1S/C17H21NO/c1-19-16-11-10-15(13-8-4-5-9-14(13)16)17(18)12-6-2-3-7-12/h4-5,8-12,17H,2-3,6-7,18H2,1H3. The van der Waals surface area contributed by atoms with Crippen molar-refractivity contribution in [3.63, 3.8) is 0 Å². The SMILES string of the molecule is COc1ccc(C(N)C2CCCC2)c2ccccc12. The minimum absolute atomic E-state index is 0.151. The second-order valence-electron chi connectivity index (χ2n) is 5.47. The number of nitrogens with two attached hydrogens (primary N) is 1. The van der Waals surface area contributed by atoms with Crippen LogP contribution in [0.5, 0.6) is 5.75 Å². The van der Waals surface area contributed by atoms with E-state index in [0.717, 1.165) is 11.1 Å².